The number of rotatable bonds is 8. The molecule has 3 aromatic rings. The van der Waals surface area contributed by atoms with Crippen LogP contribution in [0.25, 0.3) is 0 Å². The molecular formula is C25H27BrN4O2S2. The average Bonchev–Trinajstić information content (AvgIpc) is 3.48. The van der Waals surface area contributed by atoms with Gasteiger partial charge in [-0.3, -0.25) is 10.1 Å². The second-order valence-electron chi connectivity index (χ2n) is 8.39. The molecule has 0 saturated heterocycles. The van der Waals surface area contributed by atoms with Gasteiger partial charge in [-0.25, -0.2) is 9.78 Å². The van der Waals surface area contributed by atoms with Gasteiger partial charge in [0.2, 0.25) is 0 Å². The Kier molecular flexibility index (Phi) is 8.28. The van der Waals surface area contributed by atoms with Crippen LogP contribution in [0.5, 0.6) is 0 Å². The van der Waals surface area contributed by atoms with Gasteiger partial charge >= 0.3 is 6.03 Å². The van der Waals surface area contributed by atoms with Gasteiger partial charge in [0.05, 0.1) is 15.2 Å². The third-order valence-corrected chi connectivity index (χ3v) is 8.52. The van der Waals surface area contributed by atoms with E-state index in [0.717, 1.165) is 45.7 Å². The number of urea groups is 1. The second-order valence-corrected chi connectivity index (χ2v) is 11.8. The lowest BCUT2D eigenvalue weighted by atomic mass is 9.94. The minimum absolute atomic E-state index is 0.0283. The largest absolute Gasteiger partial charge is 0.378 e. The van der Waals surface area contributed by atoms with Crippen molar-refractivity contribution in [3.8, 4) is 0 Å². The fraction of sp³-hybridized carbons (Fsp3) is 0.320. The third kappa shape index (κ3) is 6.20. The molecule has 6 nitrogen and oxygen atoms in total. The van der Waals surface area contributed by atoms with E-state index >= 15 is 0 Å². The summed E-state index contributed by atoms with van der Waals surface area (Å²) in [6.45, 7) is 0. The molecule has 4 rings (SSSR count). The minimum Gasteiger partial charge on any atom is -0.378 e. The zero-order valence-electron chi connectivity index (χ0n) is 19.1. The summed E-state index contributed by atoms with van der Waals surface area (Å²) >= 11 is 6.62. The molecule has 1 fully saturated rings. The van der Waals surface area contributed by atoms with Crippen molar-refractivity contribution in [1.29, 1.82) is 0 Å². The maximum absolute atomic E-state index is 13.2. The van der Waals surface area contributed by atoms with Crippen LogP contribution in [0.3, 0.4) is 0 Å². The molecule has 2 aromatic carbocycles. The Labute approximate surface area is 216 Å². The van der Waals surface area contributed by atoms with Gasteiger partial charge < -0.3 is 10.2 Å². The Balaban J connectivity index is 1.45. The van der Waals surface area contributed by atoms with Crippen LogP contribution in [0.15, 0.2) is 57.2 Å². The summed E-state index contributed by atoms with van der Waals surface area (Å²) in [4.78, 5) is 33.7. The van der Waals surface area contributed by atoms with Gasteiger partial charge in [-0.1, -0.05) is 42.4 Å². The molecule has 1 heterocycles. The molecule has 178 valence electrons. The standard InChI is InChI=1S/C25H27BrN4O2S2/c1-30(2)17-12-13-20(19(14-17)22(31)16-8-6-7-9-16)27-24(32)29-25-28-21(23(26)34-25)15-33-18-10-4-3-5-11-18/h3-5,10-14,16H,6-9,15H2,1-2H3,(H2,27,28,29,32). The van der Waals surface area contributed by atoms with Crippen molar-refractivity contribution < 1.29 is 9.59 Å². The number of thioether (sulfide) groups is 1. The molecule has 9 heteroatoms. The zero-order valence-corrected chi connectivity index (χ0v) is 22.4. The summed E-state index contributed by atoms with van der Waals surface area (Å²) in [5.41, 5.74) is 2.89. The van der Waals surface area contributed by atoms with Gasteiger partial charge in [-0.2, -0.15) is 0 Å². The van der Waals surface area contributed by atoms with Gasteiger partial charge in [0.1, 0.15) is 0 Å². The predicted molar refractivity (Wildman–Crippen MR) is 146 cm³/mol. The highest BCUT2D eigenvalue weighted by Gasteiger charge is 2.26. The van der Waals surface area contributed by atoms with Crippen LogP contribution >= 0.6 is 39.0 Å². The van der Waals surface area contributed by atoms with Crippen LogP contribution in [-0.4, -0.2) is 30.9 Å². The molecular weight excluding hydrogens is 532 g/mol. The van der Waals surface area contributed by atoms with E-state index in [1.54, 1.807) is 17.8 Å². The van der Waals surface area contributed by atoms with Crippen LogP contribution in [0, 0.1) is 5.92 Å². The van der Waals surface area contributed by atoms with Crippen molar-refractivity contribution in [1.82, 2.24) is 4.98 Å². The minimum atomic E-state index is -0.415. The Hall–Kier alpha value is -2.36. The fourth-order valence-electron chi connectivity index (χ4n) is 3.93. The Bertz CT molecular complexity index is 1160. The van der Waals surface area contributed by atoms with Gasteiger partial charge in [0, 0.05) is 41.9 Å². The molecule has 1 aliphatic rings. The molecule has 0 spiro atoms. The van der Waals surface area contributed by atoms with E-state index in [4.69, 9.17) is 0 Å². The number of carbonyl (C=O) groups excluding carboxylic acids is 2. The van der Waals surface area contributed by atoms with E-state index in [0.29, 0.717) is 22.1 Å². The van der Waals surface area contributed by atoms with Crippen molar-refractivity contribution >= 4 is 67.3 Å². The normalized spacial score (nSPS) is 13.6. The number of hydrogen-bond acceptors (Lipinski definition) is 6. The lowest BCUT2D eigenvalue weighted by molar-refractivity contribution is 0.0924. The van der Waals surface area contributed by atoms with Gasteiger partial charge in [0.15, 0.2) is 10.9 Å². The first-order valence-corrected chi connectivity index (χ1v) is 13.8. The number of Topliss-reactive ketones (excluding diaryl/α,β-unsaturated/α-hetero) is 1. The number of benzene rings is 2. The van der Waals surface area contributed by atoms with Crippen molar-refractivity contribution in [2.75, 3.05) is 29.6 Å². The van der Waals surface area contributed by atoms with Crippen molar-refractivity contribution in [3.63, 3.8) is 0 Å². The first kappa shape index (κ1) is 24.8. The maximum Gasteiger partial charge on any atom is 0.325 e. The lowest BCUT2D eigenvalue weighted by Gasteiger charge is -2.18. The van der Waals surface area contributed by atoms with Crippen LogP contribution in [0.4, 0.5) is 21.3 Å². The Morgan fingerprint density at radius 2 is 1.85 bits per heavy atom. The first-order chi connectivity index (χ1) is 16.4. The predicted octanol–water partition coefficient (Wildman–Crippen LogP) is 7.28. The molecule has 0 bridgehead atoms. The topological polar surface area (TPSA) is 74.3 Å². The highest BCUT2D eigenvalue weighted by Crippen LogP contribution is 2.34. The molecule has 0 radical (unpaired) electrons. The number of aromatic nitrogens is 1. The molecule has 2 amide bonds. The molecule has 2 N–H and O–H groups in total. The van der Waals surface area contributed by atoms with E-state index in [1.165, 1.54) is 11.3 Å². The van der Waals surface area contributed by atoms with Crippen LogP contribution in [0.2, 0.25) is 0 Å². The van der Waals surface area contributed by atoms with E-state index < -0.39 is 6.03 Å². The molecule has 0 aliphatic heterocycles. The molecule has 34 heavy (non-hydrogen) atoms. The molecule has 0 unspecified atom stereocenters. The number of anilines is 3. The number of thiazole rings is 1. The van der Waals surface area contributed by atoms with Gasteiger partial charge in [-0.15, -0.1) is 11.8 Å². The van der Waals surface area contributed by atoms with Crippen molar-refractivity contribution in [2.24, 2.45) is 5.92 Å². The number of carbonyl (C=O) groups is 2. The summed E-state index contributed by atoms with van der Waals surface area (Å²) in [5.74, 6) is 0.825. The summed E-state index contributed by atoms with van der Waals surface area (Å²) in [5, 5.41) is 6.19. The number of halogens is 1. The summed E-state index contributed by atoms with van der Waals surface area (Å²) < 4.78 is 0.888. The molecule has 0 atom stereocenters. The molecule has 1 aromatic heterocycles. The Morgan fingerprint density at radius 1 is 1.12 bits per heavy atom. The van der Waals surface area contributed by atoms with E-state index in [1.807, 2.05) is 49.3 Å². The quantitative estimate of drug-likeness (QED) is 0.224. The average molecular weight is 560 g/mol. The number of nitrogens with one attached hydrogen (secondary N) is 2. The lowest BCUT2D eigenvalue weighted by Crippen LogP contribution is -2.22. The second kappa shape index (κ2) is 11.4. The highest BCUT2D eigenvalue weighted by molar-refractivity contribution is 9.11. The van der Waals surface area contributed by atoms with Crippen molar-refractivity contribution in [3.05, 3.63) is 63.6 Å². The third-order valence-electron chi connectivity index (χ3n) is 5.75. The van der Waals surface area contributed by atoms with Gasteiger partial charge in [0.25, 0.3) is 0 Å². The van der Waals surface area contributed by atoms with Crippen LogP contribution in [-0.2, 0) is 5.75 Å². The van der Waals surface area contributed by atoms with E-state index in [-0.39, 0.29) is 11.7 Å². The fourth-order valence-corrected chi connectivity index (χ4v) is 6.46. The zero-order chi connectivity index (χ0) is 24.1. The summed E-state index contributed by atoms with van der Waals surface area (Å²) in [6, 6.07) is 15.3. The van der Waals surface area contributed by atoms with E-state index in [9.17, 15) is 9.59 Å². The monoisotopic (exact) mass is 558 g/mol. The number of hydrogen-bond donors (Lipinski definition) is 2. The number of amides is 2. The smallest absolute Gasteiger partial charge is 0.325 e. The Morgan fingerprint density at radius 3 is 2.56 bits per heavy atom. The maximum atomic E-state index is 13.2. The van der Waals surface area contributed by atoms with E-state index in [2.05, 4.69) is 43.7 Å². The molecule has 1 saturated carbocycles. The first-order valence-electron chi connectivity index (χ1n) is 11.2. The van der Waals surface area contributed by atoms with Crippen LogP contribution < -0.4 is 15.5 Å². The molecule has 1 aliphatic carbocycles. The summed E-state index contributed by atoms with van der Waals surface area (Å²) in [6.07, 6.45) is 3.98. The van der Waals surface area contributed by atoms with Gasteiger partial charge in [-0.05, 0) is 59.1 Å². The van der Waals surface area contributed by atoms with Crippen molar-refractivity contribution in [2.45, 2.75) is 36.3 Å². The summed E-state index contributed by atoms with van der Waals surface area (Å²) in [7, 11) is 3.87. The van der Waals surface area contributed by atoms with Crippen LogP contribution in [0.1, 0.15) is 41.7 Å². The SMILES string of the molecule is CN(C)c1ccc(NC(=O)Nc2nc(CSc3ccccc3)c(Br)s2)c(C(=O)C2CCCC2)c1. The number of ketones is 1. The highest BCUT2D eigenvalue weighted by atomic mass is 79.9. The number of nitrogens with zero attached hydrogens (tertiary/aromatic N) is 2.